The molecule has 2 atom stereocenters. The van der Waals surface area contributed by atoms with Gasteiger partial charge in [-0.15, -0.1) is 0 Å². The first kappa shape index (κ1) is 34.1. The minimum absolute atomic E-state index is 0. The van der Waals surface area contributed by atoms with Crippen LogP contribution in [0.1, 0.15) is 0 Å². The molecule has 0 N–H and O–H groups in total. The first-order valence-corrected chi connectivity index (χ1v) is 7.80. The normalized spacial score (nSPS) is 16.7. The van der Waals surface area contributed by atoms with Gasteiger partial charge in [-0.3, -0.25) is 17.8 Å². The molecule has 0 aromatic rings. The van der Waals surface area contributed by atoms with E-state index in [0.717, 1.165) is 0 Å². The molecule has 0 aliphatic heterocycles. The molecule has 18 heteroatoms. The van der Waals surface area contributed by atoms with Crippen LogP contribution < -0.4 is 138 Å². The smallest absolute Gasteiger partial charge is 0.790 e. The van der Waals surface area contributed by atoms with E-state index in [2.05, 4.69) is 12.8 Å². The summed E-state index contributed by atoms with van der Waals surface area (Å²) < 4.78 is 40.2. The number of rotatable bonds is 5. The number of hydrogen-bond donors (Lipinski definition) is 0. The number of hydrogen-bond acceptors (Lipinski definition) is 10. The van der Waals surface area contributed by atoms with Gasteiger partial charge in [0.2, 0.25) is 0 Å². The third-order valence-electron chi connectivity index (χ3n) is 0.624. The van der Waals surface area contributed by atoms with Crippen LogP contribution in [0.2, 0.25) is 0 Å². The van der Waals surface area contributed by atoms with Gasteiger partial charge in [0.05, 0.1) is 7.82 Å². The summed E-state index contributed by atoms with van der Waals surface area (Å²) in [5, 5.41) is 0. The molecule has 0 rings (SSSR count). The zero-order valence-corrected chi connectivity index (χ0v) is 23.1. The van der Waals surface area contributed by atoms with E-state index in [1.807, 2.05) is 0 Å². The van der Waals surface area contributed by atoms with Crippen LogP contribution in [0.25, 0.3) is 0 Å². The van der Waals surface area contributed by atoms with Crippen LogP contribution in [0.4, 0.5) is 0 Å². The monoisotopic (exact) mass is 376 g/mol. The summed E-state index contributed by atoms with van der Waals surface area (Å²) in [4.78, 5) is 40.4. The van der Waals surface area contributed by atoms with Gasteiger partial charge in [0.15, 0.2) is 10.5 Å². The van der Waals surface area contributed by atoms with Crippen molar-refractivity contribution in [2.24, 2.45) is 0 Å². The first-order chi connectivity index (χ1) is 5.97. The maximum atomic E-state index is 10.4. The molecular formula is H3Na4O10P3Si. The molecule has 0 aromatic carbocycles. The van der Waals surface area contributed by atoms with Crippen LogP contribution in [0, 0.1) is 0 Å². The maximum absolute atomic E-state index is 10.4. The maximum Gasteiger partial charge on any atom is 1.00 e. The Morgan fingerprint density at radius 1 is 0.722 bits per heavy atom. The van der Waals surface area contributed by atoms with Gasteiger partial charge >= 0.3 is 118 Å². The van der Waals surface area contributed by atoms with Crippen LogP contribution in [0.3, 0.4) is 0 Å². The molecule has 0 aliphatic carbocycles. The largest absolute Gasteiger partial charge is 1.00 e. The summed E-state index contributed by atoms with van der Waals surface area (Å²) in [6, 6.07) is 0. The van der Waals surface area contributed by atoms with Crippen molar-refractivity contribution in [2.45, 2.75) is 0 Å². The molecule has 18 heavy (non-hydrogen) atoms. The van der Waals surface area contributed by atoms with Gasteiger partial charge < -0.3 is 28.4 Å². The third-order valence-corrected chi connectivity index (χ3v) is 5.61. The van der Waals surface area contributed by atoms with E-state index in [-0.39, 0.29) is 118 Å². The second kappa shape index (κ2) is 14.0. The van der Waals surface area contributed by atoms with Gasteiger partial charge in [-0.2, -0.15) is 0 Å². The summed E-state index contributed by atoms with van der Waals surface area (Å²) in [6.45, 7) is 0. The fraction of sp³-hybridized carbons (Fsp3) is 0. The molecule has 0 aliphatic rings. The Kier molecular flexibility index (Phi) is 26.5. The topological polar surface area (TPSA) is 171 Å². The Bertz CT molecular complexity index is 338. The van der Waals surface area contributed by atoms with E-state index < -0.39 is 34.0 Å². The molecule has 2 unspecified atom stereocenters. The average molecular weight is 376 g/mol. The molecular weight excluding hydrogens is 373 g/mol. The van der Waals surface area contributed by atoms with Crippen LogP contribution in [0.5, 0.6) is 0 Å². The van der Waals surface area contributed by atoms with Crippen molar-refractivity contribution in [3.05, 3.63) is 0 Å². The van der Waals surface area contributed by atoms with E-state index in [1.165, 1.54) is 0 Å². The van der Waals surface area contributed by atoms with Crippen molar-refractivity contribution in [3.8, 4) is 0 Å². The summed E-state index contributed by atoms with van der Waals surface area (Å²) in [7, 11) is -17.2. The second-order valence-corrected chi connectivity index (χ2v) is 7.14. The molecule has 0 amide bonds. The summed E-state index contributed by atoms with van der Waals surface area (Å²) in [6.07, 6.45) is 0. The Hall–Kier alpha value is 4.63. The summed E-state index contributed by atoms with van der Waals surface area (Å²) in [5.74, 6) is 0. The predicted molar refractivity (Wildman–Crippen MR) is 36.0 cm³/mol. The minimum atomic E-state index is -5.89. The van der Waals surface area contributed by atoms with Crippen molar-refractivity contribution < 1.29 is 164 Å². The van der Waals surface area contributed by atoms with Crippen LogP contribution in [0.15, 0.2) is 0 Å². The number of phosphoric acid groups is 3. The van der Waals surface area contributed by atoms with Gasteiger partial charge in [0, 0.05) is 0 Å². The molecule has 0 saturated carbocycles. The zero-order valence-electron chi connectivity index (χ0n) is 10.4. The molecule has 0 saturated heterocycles. The molecule has 10 nitrogen and oxygen atoms in total. The van der Waals surface area contributed by atoms with Crippen LogP contribution >= 0.6 is 23.5 Å². The molecule has 86 valence electrons. The SMILES string of the molecule is O=P([O-])([O-])OP(=O)([O-])OP(=O)([O-])O[SiH3].[Na+].[Na+].[Na+].[Na+]. The second-order valence-electron chi connectivity index (χ2n) is 1.69. The molecule has 0 bridgehead atoms. The third kappa shape index (κ3) is 20.6. The fourth-order valence-electron chi connectivity index (χ4n) is 0.293. The van der Waals surface area contributed by atoms with Crippen molar-refractivity contribution in [1.29, 1.82) is 0 Å². The first-order valence-electron chi connectivity index (χ1n) is 2.60. The van der Waals surface area contributed by atoms with Crippen molar-refractivity contribution in [3.63, 3.8) is 0 Å². The van der Waals surface area contributed by atoms with Crippen molar-refractivity contribution in [2.75, 3.05) is 0 Å². The fourth-order valence-corrected chi connectivity index (χ4v) is 3.51. The summed E-state index contributed by atoms with van der Waals surface area (Å²) in [5.41, 5.74) is 0. The molecule has 0 spiro atoms. The molecule has 0 fully saturated rings. The molecule has 0 aromatic heterocycles. The Morgan fingerprint density at radius 2 is 1.06 bits per heavy atom. The Balaban J connectivity index is -0.000000141. The Morgan fingerprint density at radius 3 is 1.28 bits per heavy atom. The molecule has 0 heterocycles. The standard InChI is InChI=1S/4Na.H7O10P3Si/c;;;;1-11(2,3)8-12(4,5)9-13(6,7)10-14/h;;;;14H3,(H,4,5)(H,6,7)(H2,1,2,3)/q4*+1;/p-4. The quantitative estimate of drug-likeness (QED) is 0.331. The minimum Gasteiger partial charge on any atom is -0.790 e. The van der Waals surface area contributed by atoms with Gasteiger partial charge in [-0.25, -0.2) is 0 Å². The van der Waals surface area contributed by atoms with Crippen molar-refractivity contribution >= 4 is 34.0 Å². The molecule has 0 radical (unpaired) electrons. The summed E-state index contributed by atoms with van der Waals surface area (Å²) >= 11 is 0. The van der Waals surface area contributed by atoms with Crippen molar-refractivity contribution in [1.82, 2.24) is 0 Å². The van der Waals surface area contributed by atoms with Gasteiger partial charge in [-0.05, 0) is 0 Å². The van der Waals surface area contributed by atoms with Crippen LogP contribution in [-0.2, 0) is 26.5 Å². The van der Waals surface area contributed by atoms with E-state index in [1.54, 1.807) is 0 Å². The van der Waals surface area contributed by atoms with Gasteiger partial charge in [0.25, 0.3) is 15.6 Å². The van der Waals surface area contributed by atoms with Gasteiger partial charge in [0.1, 0.15) is 0 Å². The van der Waals surface area contributed by atoms with E-state index in [0.29, 0.717) is 0 Å². The van der Waals surface area contributed by atoms with Crippen LogP contribution in [-0.4, -0.2) is 10.5 Å². The zero-order chi connectivity index (χ0) is 11.6. The predicted octanol–water partition coefficient (Wildman–Crippen LogP) is -15.9. The van der Waals surface area contributed by atoms with E-state index >= 15 is 0 Å². The average Bonchev–Trinajstić information content (AvgIpc) is 1.78. The van der Waals surface area contributed by atoms with Gasteiger partial charge in [-0.1, -0.05) is 0 Å². The van der Waals surface area contributed by atoms with E-state index in [9.17, 15) is 33.3 Å². The van der Waals surface area contributed by atoms with E-state index in [4.69, 9.17) is 0 Å². The Labute approximate surface area is 194 Å².